The van der Waals surface area contributed by atoms with E-state index in [4.69, 9.17) is 11.6 Å². The van der Waals surface area contributed by atoms with Crippen molar-refractivity contribution in [2.45, 2.75) is 0 Å². The Kier molecular flexibility index (Phi) is 1.84. The number of rotatable bonds is 1. The first-order valence-electron chi connectivity index (χ1n) is 3.86. The fourth-order valence-corrected chi connectivity index (χ4v) is 1.19. The van der Waals surface area contributed by atoms with Gasteiger partial charge >= 0.3 is 0 Å². The molecule has 2 aromatic heterocycles. The number of fused-ring (bicyclic) bond motifs is 1. The van der Waals surface area contributed by atoms with Crippen LogP contribution in [0, 0.1) is 0 Å². The summed E-state index contributed by atoms with van der Waals surface area (Å²) in [6.07, 6.45) is 1.73. The molecule has 0 saturated carbocycles. The number of hydrogen-bond acceptors (Lipinski definition) is 3. The smallest absolute Gasteiger partial charge is 0.245 e. The number of hydrogen-bond donors (Lipinski definition) is 0. The van der Waals surface area contributed by atoms with Crippen LogP contribution in [0.15, 0.2) is 18.3 Å². The van der Waals surface area contributed by atoms with E-state index in [0.717, 1.165) is 5.65 Å². The minimum Gasteiger partial charge on any atom is -0.346 e. The van der Waals surface area contributed by atoms with Gasteiger partial charge in [0, 0.05) is 20.3 Å². The Bertz CT molecular complexity index is 435. The summed E-state index contributed by atoms with van der Waals surface area (Å²) in [7, 11) is 3.80. The molecule has 68 valence electrons. The minimum absolute atomic E-state index is 0.655. The zero-order valence-electron chi connectivity index (χ0n) is 7.40. The highest BCUT2D eigenvalue weighted by Gasteiger charge is 2.04. The second-order valence-corrected chi connectivity index (χ2v) is 3.39. The van der Waals surface area contributed by atoms with Crippen molar-refractivity contribution in [3.63, 3.8) is 0 Å². The standard InChI is InChI=1S/C8H9ClN4/c1-12(2)8-10-7-4-3-6(9)5-13(7)11-8/h3-5H,1-2H3. The lowest BCUT2D eigenvalue weighted by Gasteiger charge is -2.03. The fraction of sp³-hybridized carbons (Fsp3) is 0.250. The molecule has 0 aliphatic carbocycles. The van der Waals surface area contributed by atoms with Crippen molar-refractivity contribution in [2.75, 3.05) is 19.0 Å². The van der Waals surface area contributed by atoms with Gasteiger partial charge in [0.25, 0.3) is 0 Å². The molecule has 0 spiro atoms. The van der Waals surface area contributed by atoms with Crippen molar-refractivity contribution in [1.82, 2.24) is 14.6 Å². The summed E-state index contributed by atoms with van der Waals surface area (Å²) >= 11 is 5.81. The monoisotopic (exact) mass is 196 g/mol. The van der Waals surface area contributed by atoms with E-state index >= 15 is 0 Å². The van der Waals surface area contributed by atoms with Gasteiger partial charge in [0.1, 0.15) is 0 Å². The minimum atomic E-state index is 0.655. The van der Waals surface area contributed by atoms with Gasteiger partial charge in [-0.05, 0) is 12.1 Å². The first-order valence-corrected chi connectivity index (χ1v) is 4.24. The van der Waals surface area contributed by atoms with Gasteiger partial charge in [0.2, 0.25) is 5.95 Å². The Balaban J connectivity index is 2.62. The second-order valence-electron chi connectivity index (χ2n) is 2.96. The lowest BCUT2D eigenvalue weighted by atomic mass is 10.5. The highest BCUT2D eigenvalue weighted by molar-refractivity contribution is 6.30. The molecule has 0 radical (unpaired) electrons. The van der Waals surface area contributed by atoms with Crippen LogP contribution < -0.4 is 4.90 Å². The van der Waals surface area contributed by atoms with Crippen LogP contribution in [0.25, 0.3) is 5.65 Å². The molecule has 0 fully saturated rings. The largest absolute Gasteiger partial charge is 0.346 e. The molecule has 0 aliphatic heterocycles. The lowest BCUT2D eigenvalue weighted by Crippen LogP contribution is -2.10. The number of anilines is 1. The van der Waals surface area contributed by atoms with Crippen molar-refractivity contribution in [2.24, 2.45) is 0 Å². The highest BCUT2D eigenvalue weighted by Crippen LogP contribution is 2.12. The Labute approximate surface area is 80.8 Å². The third-order valence-corrected chi connectivity index (χ3v) is 1.91. The van der Waals surface area contributed by atoms with Gasteiger partial charge in [-0.3, -0.25) is 0 Å². The molecule has 2 rings (SSSR count). The van der Waals surface area contributed by atoms with E-state index in [-0.39, 0.29) is 0 Å². The summed E-state index contributed by atoms with van der Waals surface area (Å²) < 4.78 is 1.66. The quantitative estimate of drug-likeness (QED) is 0.692. The van der Waals surface area contributed by atoms with Crippen molar-refractivity contribution in [3.05, 3.63) is 23.4 Å². The van der Waals surface area contributed by atoms with Crippen molar-refractivity contribution in [1.29, 1.82) is 0 Å². The summed E-state index contributed by atoms with van der Waals surface area (Å²) in [5.41, 5.74) is 0.799. The molecule has 0 saturated heterocycles. The van der Waals surface area contributed by atoms with Crippen LogP contribution in [-0.2, 0) is 0 Å². The van der Waals surface area contributed by atoms with E-state index in [1.54, 1.807) is 16.8 Å². The summed E-state index contributed by atoms with van der Waals surface area (Å²) in [4.78, 5) is 6.12. The predicted molar refractivity (Wildman–Crippen MR) is 52.3 cm³/mol. The SMILES string of the molecule is CN(C)c1nc2ccc(Cl)cn2n1. The lowest BCUT2D eigenvalue weighted by molar-refractivity contribution is 0.927. The molecule has 4 nitrogen and oxygen atoms in total. The van der Waals surface area contributed by atoms with Crippen LogP contribution in [0.4, 0.5) is 5.95 Å². The topological polar surface area (TPSA) is 33.4 Å². The third kappa shape index (κ3) is 1.45. The van der Waals surface area contributed by atoms with Crippen molar-refractivity contribution in [3.8, 4) is 0 Å². The van der Waals surface area contributed by atoms with Crippen molar-refractivity contribution >= 4 is 23.2 Å². The maximum atomic E-state index is 5.81. The third-order valence-electron chi connectivity index (χ3n) is 1.68. The first kappa shape index (κ1) is 8.31. The molecule has 0 atom stereocenters. The van der Waals surface area contributed by atoms with E-state index in [0.29, 0.717) is 11.0 Å². The van der Waals surface area contributed by atoms with E-state index in [1.165, 1.54) is 0 Å². The normalized spacial score (nSPS) is 10.7. The number of halogens is 1. The van der Waals surface area contributed by atoms with Gasteiger partial charge in [-0.1, -0.05) is 11.6 Å². The molecule has 2 aromatic rings. The summed E-state index contributed by atoms with van der Waals surface area (Å²) in [5, 5.41) is 4.88. The summed E-state index contributed by atoms with van der Waals surface area (Å²) in [5.74, 6) is 0.683. The fourth-order valence-electron chi connectivity index (χ4n) is 1.04. The molecule has 0 N–H and O–H groups in total. The molecular weight excluding hydrogens is 188 g/mol. The van der Waals surface area contributed by atoms with Gasteiger partial charge in [-0.25, -0.2) is 4.52 Å². The molecule has 0 aliphatic rings. The zero-order valence-corrected chi connectivity index (χ0v) is 8.15. The van der Waals surface area contributed by atoms with Crippen LogP contribution in [0.5, 0.6) is 0 Å². The number of pyridine rings is 1. The molecule has 0 amide bonds. The Morgan fingerprint density at radius 3 is 2.85 bits per heavy atom. The van der Waals surface area contributed by atoms with E-state index in [1.807, 2.05) is 25.1 Å². The van der Waals surface area contributed by atoms with E-state index in [2.05, 4.69) is 10.1 Å². The molecule has 0 aromatic carbocycles. The Morgan fingerprint density at radius 1 is 1.38 bits per heavy atom. The predicted octanol–water partition coefficient (Wildman–Crippen LogP) is 1.45. The van der Waals surface area contributed by atoms with Crippen LogP contribution >= 0.6 is 11.6 Å². The molecule has 13 heavy (non-hydrogen) atoms. The number of aromatic nitrogens is 3. The van der Waals surface area contributed by atoms with Crippen LogP contribution in [0.3, 0.4) is 0 Å². The van der Waals surface area contributed by atoms with Crippen LogP contribution in [0.2, 0.25) is 5.02 Å². The zero-order chi connectivity index (χ0) is 9.42. The first-order chi connectivity index (χ1) is 6.16. The molecule has 2 heterocycles. The molecule has 0 unspecified atom stereocenters. The van der Waals surface area contributed by atoms with Gasteiger partial charge in [-0.2, -0.15) is 4.98 Å². The second kappa shape index (κ2) is 2.88. The van der Waals surface area contributed by atoms with Crippen LogP contribution in [-0.4, -0.2) is 28.7 Å². The number of nitrogens with zero attached hydrogens (tertiary/aromatic N) is 4. The van der Waals surface area contributed by atoms with Gasteiger partial charge in [-0.15, -0.1) is 5.10 Å². The molecular formula is C8H9ClN4. The maximum Gasteiger partial charge on any atom is 0.245 e. The van der Waals surface area contributed by atoms with Gasteiger partial charge in [0.05, 0.1) is 5.02 Å². The van der Waals surface area contributed by atoms with Crippen molar-refractivity contribution < 1.29 is 0 Å². The molecule has 0 bridgehead atoms. The van der Waals surface area contributed by atoms with Gasteiger partial charge < -0.3 is 4.90 Å². The van der Waals surface area contributed by atoms with Crippen LogP contribution in [0.1, 0.15) is 0 Å². The average Bonchev–Trinajstić information content (AvgIpc) is 2.46. The highest BCUT2D eigenvalue weighted by atomic mass is 35.5. The molecule has 5 heteroatoms. The Hall–Kier alpha value is -1.29. The average molecular weight is 197 g/mol. The summed E-state index contributed by atoms with van der Waals surface area (Å²) in [6.45, 7) is 0. The maximum absolute atomic E-state index is 5.81. The van der Waals surface area contributed by atoms with E-state index in [9.17, 15) is 0 Å². The van der Waals surface area contributed by atoms with E-state index < -0.39 is 0 Å². The summed E-state index contributed by atoms with van der Waals surface area (Å²) in [6, 6.07) is 3.63. The Morgan fingerprint density at radius 2 is 2.15 bits per heavy atom. The van der Waals surface area contributed by atoms with Gasteiger partial charge in [0.15, 0.2) is 5.65 Å².